The van der Waals surface area contributed by atoms with Gasteiger partial charge in [-0.05, 0) is 42.8 Å². The number of hydrogen-bond donors (Lipinski definition) is 1. The molecule has 0 radical (unpaired) electrons. The van der Waals surface area contributed by atoms with Crippen molar-refractivity contribution in [2.75, 3.05) is 18.6 Å². The number of rotatable bonds is 5. The second kappa shape index (κ2) is 8.84. The molecule has 0 atom stereocenters. The molecule has 1 saturated heterocycles. The highest BCUT2D eigenvalue weighted by Gasteiger charge is 2.36. The summed E-state index contributed by atoms with van der Waals surface area (Å²) in [7, 11) is 1.46. The Balaban J connectivity index is 2.02. The highest BCUT2D eigenvalue weighted by atomic mass is 79.9. The molecule has 2 aromatic rings. The molecule has 3 rings (SSSR count). The van der Waals surface area contributed by atoms with Gasteiger partial charge in [0.1, 0.15) is 12.2 Å². The smallest absolute Gasteiger partial charge is 0.335 e. The minimum atomic E-state index is -0.805. The van der Waals surface area contributed by atoms with Gasteiger partial charge in [-0.25, -0.2) is 9.69 Å². The van der Waals surface area contributed by atoms with Crippen molar-refractivity contribution in [3.8, 4) is 23.8 Å². The minimum absolute atomic E-state index is 0.0533. The summed E-state index contributed by atoms with van der Waals surface area (Å²) in [4.78, 5) is 38.6. The van der Waals surface area contributed by atoms with E-state index in [1.165, 1.54) is 13.2 Å². The number of ether oxygens (including phenoxy) is 2. The number of halogens is 1. The number of imide groups is 2. The molecule has 0 spiro atoms. The van der Waals surface area contributed by atoms with Crippen LogP contribution < -0.4 is 19.7 Å². The number of amides is 4. The molecule has 0 aliphatic carbocycles. The van der Waals surface area contributed by atoms with Crippen LogP contribution in [0.15, 0.2) is 46.4 Å². The summed E-state index contributed by atoms with van der Waals surface area (Å²) in [5.41, 5.74) is 1.61. The number of nitrogens with one attached hydrogen (secondary N) is 1. The monoisotopic (exact) mass is 468 g/mol. The van der Waals surface area contributed by atoms with Gasteiger partial charge < -0.3 is 9.47 Å². The number of carbonyl (C=O) groups excluding carboxylic acids is 3. The largest absolute Gasteiger partial charge is 0.493 e. The van der Waals surface area contributed by atoms with Crippen LogP contribution in [0.1, 0.15) is 11.1 Å². The number of urea groups is 1. The Morgan fingerprint density at radius 3 is 2.50 bits per heavy atom. The maximum atomic E-state index is 13.0. The second-order valence-corrected chi connectivity index (χ2v) is 7.17. The molecule has 0 unspecified atom stereocenters. The Labute approximate surface area is 181 Å². The molecule has 4 amide bonds. The van der Waals surface area contributed by atoms with Crippen molar-refractivity contribution < 1.29 is 23.9 Å². The minimum Gasteiger partial charge on any atom is -0.493 e. The van der Waals surface area contributed by atoms with Crippen LogP contribution in [0.25, 0.3) is 6.08 Å². The zero-order valence-corrected chi connectivity index (χ0v) is 17.8. The van der Waals surface area contributed by atoms with Crippen molar-refractivity contribution in [1.29, 1.82) is 0 Å². The quantitative estimate of drug-likeness (QED) is 0.412. The highest BCUT2D eigenvalue weighted by molar-refractivity contribution is 9.10. The zero-order valence-electron chi connectivity index (χ0n) is 16.2. The molecule has 1 aliphatic heterocycles. The number of hydrogen-bond acceptors (Lipinski definition) is 5. The van der Waals surface area contributed by atoms with E-state index in [-0.39, 0.29) is 12.2 Å². The lowest BCUT2D eigenvalue weighted by atomic mass is 10.1. The predicted octanol–water partition coefficient (Wildman–Crippen LogP) is 3.44. The van der Waals surface area contributed by atoms with Gasteiger partial charge in [-0.15, -0.1) is 6.42 Å². The molecule has 1 heterocycles. The summed E-state index contributed by atoms with van der Waals surface area (Å²) in [5, 5.41) is 2.20. The molecule has 1 fully saturated rings. The normalized spacial score (nSPS) is 15.1. The van der Waals surface area contributed by atoms with Gasteiger partial charge in [0.25, 0.3) is 11.8 Å². The molecule has 30 heavy (non-hydrogen) atoms. The maximum absolute atomic E-state index is 13.0. The lowest BCUT2D eigenvalue weighted by molar-refractivity contribution is -0.122. The molecule has 1 N–H and O–H groups in total. The van der Waals surface area contributed by atoms with Gasteiger partial charge in [0, 0.05) is 4.47 Å². The maximum Gasteiger partial charge on any atom is 0.335 e. The van der Waals surface area contributed by atoms with E-state index in [0.717, 1.165) is 10.5 Å². The third-order valence-electron chi connectivity index (χ3n) is 4.29. The van der Waals surface area contributed by atoms with E-state index in [0.29, 0.717) is 27.2 Å². The Hall–Kier alpha value is -3.57. The van der Waals surface area contributed by atoms with Crippen LogP contribution in [0.4, 0.5) is 10.5 Å². The van der Waals surface area contributed by atoms with Crippen molar-refractivity contribution in [1.82, 2.24) is 5.32 Å². The predicted molar refractivity (Wildman–Crippen MR) is 115 cm³/mol. The van der Waals surface area contributed by atoms with Crippen LogP contribution >= 0.6 is 15.9 Å². The summed E-state index contributed by atoms with van der Waals surface area (Å²) in [6, 6.07) is 9.22. The number of nitrogens with zero attached hydrogens (tertiary/aromatic N) is 1. The van der Waals surface area contributed by atoms with Crippen LogP contribution in [0.3, 0.4) is 0 Å². The zero-order chi connectivity index (χ0) is 21.8. The fourth-order valence-electron chi connectivity index (χ4n) is 2.79. The van der Waals surface area contributed by atoms with Crippen molar-refractivity contribution in [3.63, 3.8) is 0 Å². The van der Waals surface area contributed by atoms with E-state index in [1.807, 2.05) is 6.92 Å². The first-order valence-corrected chi connectivity index (χ1v) is 9.57. The number of carbonyl (C=O) groups is 3. The number of anilines is 1. The second-order valence-electron chi connectivity index (χ2n) is 6.31. The number of benzene rings is 2. The third-order valence-corrected chi connectivity index (χ3v) is 4.97. The third kappa shape index (κ3) is 4.21. The molecular weight excluding hydrogens is 452 g/mol. The lowest BCUT2D eigenvalue weighted by Gasteiger charge is -2.26. The first-order valence-electron chi connectivity index (χ1n) is 8.77. The Kier molecular flexibility index (Phi) is 6.23. The molecule has 0 aromatic heterocycles. The molecular formula is C22H17BrN2O5. The number of methoxy groups -OCH3 is 1. The van der Waals surface area contributed by atoms with Gasteiger partial charge in [0.2, 0.25) is 0 Å². The van der Waals surface area contributed by atoms with Crippen LogP contribution in [-0.2, 0) is 9.59 Å². The molecule has 8 heteroatoms. The lowest BCUT2D eigenvalue weighted by Crippen LogP contribution is -2.54. The van der Waals surface area contributed by atoms with Crippen LogP contribution in [0.5, 0.6) is 11.5 Å². The summed E-state index contributed by atoms with van der Waals surface area (Å²) < 4.78 is 11.3. The summed E-state index contributed by atoms with van der Waals surface area (Å²) >= 11 is 3.39. The Morgan fingerprint density at radius 2 is 1.87 bits per heavy atom. The molecule has 7 nitrogen and oxygen atoms in total. The first kappa shape index (κ1) is 21.1. The van der Waals surface area contributed by atoms with Gasteiger partial charge in [-0.2, -0.15) is 0 Å². The number of aryl methyl sites for hydroxylation is 1. The summed E-state index contributed by atoms with van der Waals surface area (Å²) in [6.45, 7) is 1.94. The standard InChI is InChI=1S/C22H17BrN2O5/c1-4-9-30-19-12-17(23)14(11-18(19)29-3)10-16-20(26)24-22(28)25(21(16)27)15-7-5-13(2)6-8-15/h1,5-8,10-12H,9H2,2-3H3,(H,24,26,28)/b16-10-. The van der Waals surface area contributed by atoms with Crippen molar-refractivity contribution >= 4 is 45.5 Å². The fraction of sp³-hybridized carbons (Fsp3) is 0.136. The van der Waals surface area contributed by atoms with E-state index in [1.54, 1.807) is 36.4 Å². The van der Waals surface area contributed by atoms with Crippen LogP contribution in [0, 0.1) is 19.3 Å². The van der Waals surface area contributed by atoms with Crippen LogP contribution in [-0.4, -0.2) is 31.6 Å². The van der Waals surface area contributed by atoms with E-state index < -0.39 is 17.8 Å². The van der Waals surface area contributed by atoms with Crippen LogP contribution in [0.2, 0.25) is 0 Å². The molecule has 0 saturated carbocycles. The average Bonchev–Trinajstić information content (AvgIpc) is 2.71. The van der Waals surface area contributed by atoms with Crippen molar-refractivity contribution in [3.05, 3.63) is 57.6 Å². The Morgan fingerprint density at radius 1 is 1.17 bits per heavy atom. The van der Waals surface area contributed by atoms with E-state index in [4.69, 9.17) is 15.9 Å². The molecule has 2 aromatic carbocycles. The van der Waals surface area contributed by atoms with E-state index in [9.17, 15) is 14.4 Å². The number of terminal acetylenes is 1. The highest BCUT2D eigenvalue weighted by Crippen LogP contribution is 2.35. The SMILES string of the molecule is C#CCOc1cc(Br)c(/C=C2/C(=O)NC(=O)N(c3ccc(C)cc3)C2=O)cc1OC. The van der Waals surface area contributed by atoms with E-state index in [2.05, 4.69) is 27.2 Å². The summed E-state index contributed by atoms with van der Waals surface area (Å²) in [5.74, 6) is 1.62. The van der Waals surface area contributed by atoms with E-state index >= 15 is 0 Å². The molecule has 1 aliphatic rings. The van der Waals surface area contributed by atoms with Gasteiger partial charge in [-0.1, -0.05) is 39.5 Å². The Bertz CT molecular complexity index is 1100. The van der Waals surface area contributed by atoms with Crippen molar-refractivity contribution in [2.45, 2.75) is 6.92 Å². The average molecular weight is 469 g/mol. The molecule has 0 bridgehead atoms. The molecule has 152 valence electrons. The van der Waals surface area contributed by atoms with Gasteiger partial charge in [-0.3, -0.25) is 14.9 Å². The van der Waals surface area contributed by atoms with Gasteiger partial charge in [0.15, 0.2) is 11.5 Å². The topological polar surface area (TPSA) is 84.9 Å². The van der Waals surface area contributed by atoms with Gasteiger partial charge in [0.05, 0.1) is 12.8 Å². The summed E-state index contributed by atoms with van der Waals surface area (Å²) in [6.07, 6.45) is 6.60. The number of barbiturate groups is 1. The first-order chi connectivity index (χ1) is 14.3. The van der Waals surface area contributed by atoms with Crippen molar-refractivity contribution in [2.24, 2.45) is 0 Å². The van der Waals surface area contributed by atoms with Gasteiger partial charge >= 0.3 is 6.03 Å². The fourth-order valence-corrected chi connectivity index (χ4v) is 3.23.